The molecule has 4 rings (SSSR count). The lowest BCUT2D eigenvalue weighted by molar-refractivity contribution is 0.153. The quantitative estimate of drug-likeness (QED) is 0.647. The van der Waals surface area contributed by atoms with Crippen LogP contribution >= 0.6 is 0 Å². The Balaban J connectivity index is 1.42. The van der Waals surface area contributed by atoms with Crippen LogP contribution in [0.2, 0.25) is 0 Å². The number of hydrogen-bond acceptors (Lipinski definition) is 5. The van der Waals surface area contributed by atoms with Crippen LogP contribution in [0.25, 0.3) is 11.0 Å². The van der Waals surface area contributed by atoms with Gasteiger partial charge in [-0.1, -0.05) is 12.1 Å². The summed E-state index contributed by atoms with van der Waals surface area (Å²) in [6.45, 7) is 0.882. The number of carbonyl (C=O) groups excluding carboxylic acids is 1. The van der Waals surface area contributed by atoms with Crippen molar-refractivity contribution >= 4 is 22.8 Å². The Morgan fingerprint density at radius 1 is 1.32 bits per heavy atom. The average Bonchev–Trinajstić information content (AvgIpc) is 3.13. The second-order valence-electron chi connectivity index (χ2n) is 7.07. The third-order valence-electron chi connectivity index (χ3n) is 5.14. The molecule has 146 valence electrons. The molecule has 3 heterocycles. The molecule has 0 spiro atoms. The van der Waals surface area contributed by atoms with Crippen molar-refractivity contribution in [1.29, 1.82) is 0 Å². The number of rotatable bonds is 4. The number of fused-ring (bicyclic) bond motifs is 1. The van der Waals surface area contributed by atoms with Crippen LogP contribution in [-0.4, -0.2) is 52.6 Å². The third-order valence-corrected chi connectivity index (χ3v) is 5.14. The Kier molecular flexibility index (Phi) is 5.12. The fraction of sp³-hybridized carbons (Fsp3) is 0.350. The van der Waals surface area contributed by atoms with Crippen LogP contribution < -0.4 is 15.4 Å². The van der Waals surface area contributed by atoms with Gasteiger partial charge in [0.2, 0.25) is 0 Å². The van der Waals surface area contributed by atoms with Gasteiger partial charge in [0, 0.05) is 18.7 Å². The fourth-order valence-corrected chi connectivity index (χ4v) is 3.62. The van der Waals surface area contributed by atoms with Crippen molar-refractivity contribution in [3.05, 3.63) is 48.5 Å². The van der Waals surface area contributed by atoms with Crippen molar-refractivity contribution in [2.75, 3.05) is 26.0 Å². The van der Waals surface area contributed by atoms with Crippen molar-refractivity contribution in [3.8, 4) is 5.75 Å². The van der Waals surface area contributed by atoms with Crippen molar-refractivity contribution in [2.45, 2.75) is 24.9 Å². The minimum absolute atomic E-state index is 0.0629. The lowest BCUT2D eigenvalue weighted by Crippen LogP contribution is -2.46. The van der Waals surface area contributed by atoms with Crippen molar-refractivity contribution in [2.24, 2.45) is 0 Å². The van der Waals surface area contributed by atoms with E-state index in [0.717, 1.165) is 36.2 Å². The molecule has 1 aromatic carbocycles. The maximum Gasteiger partial charge on any atom is 0.319 e. The Morgan fingerprint density at radius 2 is 2.18 bits per heavy atom. The summed E-state index contributed by atoms with van der Waals surface area (Å²) in [5, 5.41) is 5.89. The number of H-pyrrole nitrogens is 1. The van der Waals surface area contributed by atoms with E-state index in [9.17, 15) is 4.79 Å². The zero-order chi connectivity index (χ0) is 19.5. The molecule has 0 aliphatic carbocycles. The summed E-state index contributed by atoms with van der Waals surface area (Å²) >= 11 is 0. The van der Waals surface area contributed by atoms with Gasteiger partial charge in [-0.2, -0.15) is 0 Å². The number of imidazole rings is 1. The number of hydrogen-bond donors (Lipinski definition) is 3. The number of para-hydroxylation sites is 2. The lowest BCUT2D eigenvalue weighted by Gasteiger charge is -2.36. The highest BCUT2D eigenvalue weighted by Gasteiger charge is 2.30. The minimum Gasteiger partial charge on any atom is -0.495 e. The lowest BCUT2D eigenvalue weighted by atomic mass is 9.97. The maximum absolute atomic E-state index is 12.4. The number of piperidine rings is 1. The zero-order valence-electron chi connectivity index (χ0n) is 16.0. The number of aromatic amines is 1. The number of amides is 2. The molecule has 28 heavy (non-hydrogen) atoms. The smallest absolute Gasteiger partial charge is 0.319 e. The molecule has 8 nitrogen and oxygen atoms in total. The van der Waals surface area contributed by atoms with E-state index in [1.807, 2.05) is 24.3 Å². The van der Waals surface area contributed by atoms with Crippen LogP contribution in [0.15, 0.2) is 42.7 Å². The Labute approximate surface area is 163 Å². The van der Waals surface area contributed by atoms with Gasteiger partial charge >= 0.3 is 6.03 Å². The van der Waals surface area contributed by atoms with Crippen molar-refractivity contribution in [1.82, 2.24) is 25.2 Å². The van der Waals surface area contributed by atoms with Gasteiger partial charge in [-0.15, -0.1) is 0 Å². The highest BCUT2D eigenvalue weighted by molar-refractivity contribution is 5.89. The van der Waals surface area contributed by atoms with Crippen LogP contribution in [0.3, 0.4) is 0 Å². The van der Waals surface area contributed by atoms with Crippen LogP contribution in [0.4, 0.5) is 10.5 Å². The topological polar surface area (TPSA) is 95.2 Å². The Hall–Kier alpha value is -3.13. The number of carbonyl (C=O) groups is 1. The second-order valence-corrected chi connectivity index (χ2v) is 7.07. The summed E-state index contributed by atoms with van der Waals surface area (Å²) in [5.74, 6) is 1.54. The van der Waals surface area contributed by atoms with Crippen molar-refractivity contribution < 1.29 is 9.53 Å². The van der Waals surface area contributed by atoms with E-state index >= 15 is 0 Å². The average molecular weight is 380 g/mol. The molecule has 2 aromatic heterocycles. The number of ether oxygens (including phenoxy) is 1. The van der Waals surface area contributed by atoms with E-state index < -0.39 is 0 Å². The molecule has 1 aliphatic heterocycles. The van der Waals surface area contributed by atoms with E-state index in [4.69, 9.17) is 9.72 Å². The molecule has 2 atom stereocenters. The third kappa shape index (κ3) is 3.91. The van der Waals surface area contributed by atoms with Gasteiger partial charge in [-0.3, -0.25) is 9.88 Å². The molecular formula is C20H24N6O2. The van der Waals surface area contributed by atoms with Crippen molar-refractivity contribution in [3.63, 3.8) is 0 Å². The van der Waals surface area contributed by atoms with Gasteiger partial charge in [-0.05, 0) is 32.0 Å². The van der Waals surface area contributed by atoms with Gasteiger partial charge in [0.1, 0.15) is 11.6 Å². The first-order valence-electron chi connectivity index (χ1n) is 9.34. The number of likely N-dealkylation sites (tertiary alicyclic amines) is 1. The standard InChI is InChI=1S/C20H24N6O2/c1-26-8-7-13(22-20(27)23-14-9-15(28-2)12-21-11-14)10-18(26)19-24-16-5-3-4-6-17(16)25-19/h3-6,9,11-13,18H,7-8,10H2,1-2H3,(H,24,25)(H2,22,23,27)/t13-,18-/m1/s1. The normalized spacial score (nSPS) is 20.1. The van der Waals surface area contributed by atoms with Gasteiger partial charge in [-0.25, -0.2) is 9.78 Å². The summed E-state index contributed by atoms with van der Waals surface area (Å²) in [6.07, 6.45) is 4.86. The highest BCUT2D eigenvalue weighted by atomic mass is 16.5. The van der Waals surface area contributed by atoms with E-state index in [-0.39, 0.29) is 18.1 Å². The molecule has 3 aromatic rings. The molecule has 3 N–H and O–H groups in total. The predicted molar refractivity (Wildman–Crippen MR) is 107 cm³/mol. The summed E-state index contributed by atoms with van der Waals surface area (Å²) in [4.78, 5) is 26.9. The number of pyridine rings is 1. The molecule has 0 saturated carbocycles. The summed E-state index contributed by atoms with van der Waals surface area (Å²) < 4.78 is 5.14. The Morgan fingerprint density at radius 3 is 3.00 bits per heavy atom. The van der Waals surface area contributed by atoms with Gasteiger partial charge in [0.15, 0.2) is 0 Å². The number of aromatic nitrogens is 3. The molecule has 0 bridgehead atoms. The molecular weight excluding hydrogens is 356 g/mol. The number of benzene rings is 1. The predicted octanol–water partition coefficient (Wildman–Crippen LogP) is 2.92. The molecule has 0 unspecified atom stereocenters. The van der Waals surface area contributed by atoms with Gasteiger partial charge in [0.05, 0.1) is 42.3 Å². The molecule has 1 aliphatic rings. The molecule has 8 heteroatoms. The van der Waals surface area contributed by atoms with E-state index in [2.05, 4.69) is 32.5 Å². The number of anilines is 1. The van der Waals surface area contributed by atoms with Crippen LogP contribution in [0.1, 0.15) is 24.7 Å². The van der Waals surface area contributed by atoms with Crippen LogP contribution in [0.5, 0.6) is 5.75 Å². The van der Waals surface area contributed by atoms with Gasteiger partial charge < -0.3 is 20.4 Å². The van der Waals surface area contributed by atoms with Crippen LogP contribution in [0, 0.1) is 0 Å². The minimum atomic E-state index is -0.243. The summed E-state index contributed by atoms with van der Waals surface area (Å²) in [7, 11) is 3.66. The first kappa shape index (κ1) is 18.2. The summed E-state index contributed by atoms with van der Waals surface area (Å²) in [5.41, 5.74) is 2.59. The van der Waals surface area contributed by atoms with E-state index in [1.165, 1.54) is 0 Å². The molecule has 0 radical (unpaired) electrons. The number of nitrogens with one attached hydrogen (secondary N) is 3. The number of urea groups is 1. The first-order chi connectivity index (χ1) is 13.6. The SMILES string of the molecule is COc1cncc(NC(=O)N[C@@H]2CCN(C)[C@@H](c3nc4ccccc4[nH]3)C2)c1. The Bertz CT molecular complexity index is 939. The second kappa shape index (κ2) is 7.85. The summed E-state index contributed by atoms with van der Waals surface area (Å²) in [6, 6.07) is 9.70. The highest BCUT2D eigenvalue weighted by Crippen LogP contribution is 2.29. The first-order valence-corrected chi connectivity index (χ1v) is 9.34. The zero-order valence-corrected chi connectivity index (χ0v) is 16.0. The largest absolute Gasteiger partial charge is 0.495 e. The maximum atomic E-state index is 12.4. The fourth-order valence-electron chi connectivity index (χ4n) is 3.62. The molecule has 1 fully saturated rings. The van der Waals surface area contributed by atoms with Crippen LogP contribution in [-0.2, 0) is 0 Å². The van der Waals surface area contributed by atoms with Gasteiger partial charge in [0.25, 0.3) is 0 Å². The van der Waals surface area contributed by atoms with E-state index in [0.29, 0.717) is 11.4 Å². The monoisotopic (exact) mass is 380 g/mol. The number of methoxy groups -OCH3 is 1. The molecule has 2 amide bonds. The number of nitrogens with zero attached hydrogens (tertiary/aromatic N) is 3. The van der Waals surface area contributed by atoms with E-state index in [1.54, 1.807) is 25.6 Å². The molecule has 1 saturated heterocycles.